The predicted octanol–water partition coefficient (Wildman–Crippen LogP) is 1.50. The van der Waals surface area contributed by atoms with E-state index in [-0.39, 0.29) is 5.91 Å². The molecule has 0 aliphatic carbocycles. The van der Waals surface area contributed by atoms with Crippen LogP contribution in [-0.2, 0) is 9.47 Å². The third-order valence-electron chi connectivity index (χ3n) is 3.29. The zero-order valence-electron chi connectivity index (χ0n) is 10.1. The summed E-state index contributed by atoms with van der Waals surface area (Å²) in [5, 5.41) is 0. The summed E-state index contributed by atoms with van der Waals surface area (Å²) in [7, 11) is 3.26. The quantitative estimate of drug-likeness (QED) is 0.750. The maximum Gasteiger partial charge on any atom is 0.289 e. The molecule has 1 amide bonds. The van der Waals surface area contributed by atoms with E-state index in [0.29, 0.717) is 31.7 Å². The first-order chi connectivity index (χ1) is 8.21. The number of carbonyl (C=O) groups is 1. The number of hydrogen-bond donors (Lipinski definition) is 0. The van der Waals surface area contributed by atoms with Crippen molar-refractivity contribution in [1.29, 1.82) is 0 Å². The number of rotatable bonds is 3. The molecular formula is C12H17NO4. The van der Waals surface area contributed by atoms with Crippen molar-refractivity contribution in [3.8, 4) is 0 Å². The Morgan fingerprint density at radius 1 is 1.35 bits per heavy atom. The minimum Gasteiger partial charge on any atom is -0.459 e. The van der Waals surface area contributed by atoms with E-state index in [2.05, 4.69) is 0 Å². The van der Waals surface area contributed by atoms with E-state index in [1.54, 1.807) is 31.3 Å². The van der Waals surface area contributed by atoms with E-state index in [1.807, 2.05) is 0 Å². The first-order valence-electron chi connectivity index (χ1n) is 5.64. The van der Waals surface area contributed by atoms with E-state index in [4.69, 9.17) is 13.9 Å². The number of furan rings is 1. The Bertz CT molecular complexity index is 360. The van der Waals surface area contributed by atoms with Crippen LogP contribution in [0.1, 0.15) is 23.4 Å². The summed E-state index contributed by atoms with van der Waals surface area (Å²) in [4.78, 5) is 13.8. The van der Waals surface area contributed by atoms with Gasteiger partial charge in [0.15, 0.2) is 11.5 Å². The maximum absolute atomic E-state index is 12.0. The fourth-order valence-corrected chi connectivity index (χ4v) is 2.10. The van der Waals surface area contributed by atoms with E-state index in [0.717, 1.165) is 0 Å². The van der Waals surface area contributed by atoms with Gasteiger partial charge in [0.2, 0.25) is 0 Å². The molecule has 0 N–H and O–H groups in total. The SMILES string of the molecule is COC1(OC)CCN(C(=O)c2ccco2)CC1. The van der Waals surface area contributed by atoms with Crippen molar-refractivity contribution in [2.45, 2.75) is 18.6 Å². The standard InChI is InChI=1S/C12H17NO4/c1-15-12(16-2)5-7-13(8-6-12)11(14)10-4-3-9-17-10/h3-4,9H,5-8H2,1-2H3. The molecule has 1 saturated heterocycles. The number of methoxy groups -OCH3 is 2. The van der Waals surface area contributed by atoms with Crippen LogP contribution in [0, 0.1) is 0 Å². The number of amides is 1. The average Bonchev–Trinajstić information content (AvgIpc) is 2.92. The van der Waals surface area contributed by atoms with Crippen LogP contribution in [0.15, 0.2) is 22.8 Å². The number of ether oxygens (including phenoxy) is 2. The summed E-state index contributed by atoms with van der Waals surface area (Å²) in [6, 6.07) is 3.39. The Hall–Kier alpha value is -1.33. The third kappa shape index (κ3) is 2.35. The Kier molecular flexibility index (Phi) is 3.49. The lowest BCUT2D eigenvalue weighted by Gasteiger charge is -2.39. The van der Waals surface area contributed by atoms with Crippen LogP contribution >= 0.6 is 0 Å². The molecular weight excluding hydrogens is 222 g/mol. The summed E-state index contributed by atoms with van der Waals surface area (Å²) in [6.45, 7) is 1.22. The minimum absolute atomic E-state index is 0.0733. The second-order valence-corrected chi connectivity index (χ2v) is 4.09. The second-order valence-electron chi connectivity index (χ2n) is 4.09. The van der Waals surface area contributed by atoms with E-state index >= 15 is 0 Å². The lowest BCUT2D eigenvalue weighted by molar-refractivity contribution is -0.226. The minimum atomic E-state index is -0.542. The van der Waals surface area contributed by atoms with Crippen molar-refractivity contribution in [1.82, 2.24) is 4.90 Å². The number of piperidine rings is 1. The van der Waals surface area contributed by atoms with Crippen LogP contribution in [-0.4, -0.2) is 43.9 Å². The monoisotopic (exact) mass is 239 g/mol. The average molecular weight is 239 g/mol. The summed E-state index contributed by atoms with van der Waals surface area (Å²) >= 11 is 0. The molecule has 1 aliphatic rings. The van der Waals surface area contributed by atoms with Crippen LogP contribution in [0.25, 0.3) is 0 Å². The first-order valence-corrected chi connectivity index (χ1v) is 5.64. The molecule has 17 heavy (non-hydrogen) atoms. The largest absolute Gasteiger partial charge is 0.459 e. The van der Waals surface area contributed by atoms with E-state index in [1.165, 1.54) is 6.26 Å². The number of likely N-dealkylation sites (tertiary alicyclic amines) is 1. The molecule has 94 valence electrons. The molecule has 5 nitrogen and oxygen atoms in total. The molecule has 0 atom stereocenters. The van der Waals surface area contributed by atoms with E-state index in [9.17, 15) is 4.79 Å². The lowest BCUT2D eigenvalue weighted by Crippen LogP contribution is -2.48. The Morgan fingerprint density at radius 3 is 2.47 bits per heavy atom. The van der Waals surface area contributed by atoms with Gasteiger partial charge in [-0.25, -0.2) is 0 Å². The summed E-state index contributed by atoms with van der Waals surface area (Å²) in [6.07, 6.45) is 2.85. The number of carbonyl (C=O) groups excluding carboxylic acids is 1. The highest BCUT2D eigenvalue weighted by molar-refractivity contribution is 5.91. The molecule has 1 aromatic heterocycles. The van der Waals surface area contributed by atoms with Gasteiger partial charge in [0.25, 0.3) is 5.91 Å². The van der Waals surface area contributed by atoms with Crippen LogP contribution in [0.5, 0.6) is 0 Å². The van der Waals surface area contributed by atoms with Crippen LogP contribution in [0.4, 0.5) is 0 Å². The topological polar surface area (TPSA) is 51.9 Å². The van der Waals surface area contributed by atoms with Gasteiger partial charge in [0, 0.05) is 40.2 Å². The predicted molar refractivity (Wildman–Crippen MR) is 60.6 cm³/mol. The molecule has 2 heterocycles. The Labute approximate surface area is 100 Å². The highest BCUT2D eigenvalue weighted by Gasteiger charge is 2.36. The van der Waals surface area contributed by atoms with Crippen molar-refractivity contribution in [3.05, 3.63) is 24.2 Å². The number of hydrogen-bond acceptors (Lipinski definition) is 4. The molecule has 1 fully saturated rings. The first kappa shape index (κ1) is 12.1. The highest BCUT2D eigenvalue weighted by atomic mass is 16.7. The van der Waals surface area contributed by atoms with Gasteiger partial charge in [-0.05, 0) is 12.1 Å². The van der Waals surface area contributed by atoms with Crippen LogP contribution in [0.2, 0.25) is 0 Å². The van der Waals surface area contributed by atoms with E-state index < -0.39 is 5.79 Å². The molecule has 0 unspecified atom stereocenters. The van der Waals surface area contributed by atoms with Gasteiger partial charge >= 0.3 is 0 Å². The summed E-state index contributed by atoms with van der Waals surface area (Å²) in [5.41, 5.74) is 0. The summed E-state index contributed by atoms with van der Waals surface area (Å²) in [5.74, 6) is -0.233. The van der Waals surface area contributed by atoms with Crippen molar-refractivity contribution >= 4 is 5.91 Å². The van der Waals surface area contributed by atoms with Crippen molar-refractivity contribution in [2.24, 2.45) is 0 Å². The highest BCUT2D eigenvalue weighted by Crippen LogP contribution is 2.27. The second kappa shape index (κ2) is 4.89. The molecule has 0 aromatic carbocycles. The van der Waals surface area contributed by atoms with Crippen molar-refractivity contribution < 1.29 is 18.7 Å². The third-order valence-corrected chi connectivity index (χ3v) is 3.29. The van der Waals surface area contributed by atoms with Crippen molar-refractivity contribution in [3.63, 3.8) is 0 Å². The normalized spacial score (nSPS) is 19.3. The van der Waals surface area contributed by atoms with Gasteiger partial charge < -0.3 is 18.8 Å². The fourth-order valence-electron chi connectivity index (χ4n) is 2.10. The van der Waals surface area contributed by atoms with Gasteiger partial charge in [-0.3, -0.25) is 4.79 Å². The van der Waals surface area contributed by atoms with Gasteiger partial charge in [0.1, 0.15) is 0 Å². The fraction of sp³-hybridized carbons (Fsp3) is 0.583. The zero-order chi connectivity index (χ0) is 12.3. The molecule has 0 spiro atoms. The maximum atomic E-state index is 12.0. The molecule has 1 aliphatic heterocycles. The molecule has 1 aromatic rings. The van der Waals surface area contributed by atoms with Gasteiger partial charge in [-0.2, -0.15) is 0 Å². The molecule has 0 saturated carbocycles. The molecule has 5 heteroatoms. The van der Waals surface area contributed by atoms with Crippen molar-refractivity contribution in [2.75, 3.05) is 27.3 Å². The lowest BCUT2D eigenvalue weighted by atomic mass is 10.0. The van der Waals surface area contributed by atoms with Gasteiger partial charge in [-0.1, -0.05) is 0 Å². The van der Waals surface area contributed by atoms with Crippen LogP contribution in [0.3, 0.4) is 0 Å². The molecule has 0 radical (unpaired) electrons. The van der Waals surface area contributed by atoms with Gasteiger partial charge in [-0.15, -0.1) is 0 Å². The smallest absolute Gasteiger partial charge is 0.289 e. The number of nitrogens with zero attached hydrogens (tertiary/aromatic N) is 1. The molecule has 0 bridgehead atoms. The molecule has 2 rings (SSSR count). The zero-order valence-corrected chi connectivity index (χ0v) is 10.1. The Morgan fingerprint density at radius 2 is 2.00 bits per heavy atom. The van der Waals surface area contributed by atoms with Gasteiger partial charge in [0.05, 0.1) is 6.26 Å². The Balaban J connectivity index is 1.97. The van der Waals surface area contributed by atoms with Crippen LogP contribution < -0.4 is 0 Å². The summed E-state index contributed by atoms with van der Waals surface area (Å²) < 4.78 is 15.8.